The molecule has 0 amide bonds. The topological polar surface area (TPSA) is 72.3 Å². The molecule has 0 N–H and O–H groups in total. The number of aldehydes is 1. The van der Waals surface area contributed by atoms with Gasteiger partial charge in [-0.1, -0.05) is 0 Å². The van der Waals surface area contributed by atoms with Gasteiger partial charge in [-0.15, -0.1) is 0 Å². The first-order valence-electron chi connectivity index (χ1n) is 5.48. The van der Waals surface area contributed by atoms with E-state index in [1.807, 2.05) is 11.5 Å². The van der Waals surface area contributed by atoms with Gasteiger partial charge in [-0.25, -0.2) is 13.4 Å². The maximum absolute atomic E-state index is 11.8. The van der Waals surface area contributed by atoms with Gasteiger partial charge in [-0.3, -0.25) is 4.79 Å². The lowest BCUT2D eigenvalue weighted by Crippen LogP contribution is -2.39. The molecule has 0 unspecified atom stereocenters. The minimum atomic E-state index is -3.20. The number of aromatic nitrogens is 2. The predicted molar refractivity (Wildman–Crippen MR) is 62.2 cm³/mol. The number of aryl methyl sites for hydroxylation is 1. The van der Waals surface area contributed by atoms with Crippen LogP contribution in [0, 0.1) is 6.92 Å². The number of carbonyl (C=O) groups excluding carboxylic acids is 1. The van der Waals surface area contributed by atoms with Crippen molar-refractivity contribution in [2.45, 2.75) is 26.9 Å². The van der Waals surface area contributed by atoms with Crippen molar-refractivity contribution in [1.29, 1.82) is 0 Å². The Morgan fingerprint density at radius 3 is 2.71 bits per heavy atom. The molecule has 2 rings (SSSR count). The van der Waals surface area contributed by atoms with Crippen LogP contribution < -0.4 is 0 Å². The molecule has 1 aromatic rings. The van der Waals surface area contributed by atoms with Gasteiger partial charge in [0.1, 0.15) is 11.5 Å². The number of hydrogen-bond donors (Lipinski definition) is 0. The van der Waals surface area contributed by atoms with Gasteiger partial charge in [0, 0.05) is 13.1 Å². The number of carbonyl (C=O) groups is 1. The second kappa shape index (κ2) is 4.23. The summed E-state index contributed by atoms with van der Waals surface area (Å²) in [4.78, 5) is 15.0. The van der Waals surface area contributed by atoms with E-state index in [1.54, 1.807) is 6.92 Å². The van der Waals surface area contributed by atoms with Gasteiger partial charge < -0.3 is 4.57 Å². The molecule has 94 valence electrons. The maximum atomic E-state index is 11.8. The smallest absolute Gasteiger partial charge is 0.214 e. The second-order valence-electron chi connectivity index (χ2n) is 3.99. The molecule has 1 aliphatic heterocycles. The van der Waals surface area contributed by atoms with Crippen LogP contribution in [0.2, 0.25) is 0 Å². The van der Waals surface area contributed by atoms with Crippen LogP contribution in [0.3, 0.4) is 0 Å². The van der Waals surface area contributed by atoms with Crippen molar-refractivity contribution in [2.75, 3.05) is 12.3 Å². The van der Waals surface area contributed by atoms with Crippen LogP contribution in [0.25, 0.3) is 0 Å². The highest BCUT2D eigenvalue weighted by Gasteiger charge is 2.28. The molecule has 0 atom stereocenters. The Morgan fingerprint density at radius 1 is 1.41 bits per heavy atom. The summed E-state index contributed by atoms with van der Waals surface area (Å²) >= 11 is 0. The largest absolute Gasteiger partial charge is 0.329 e. The lowest BCUT2D eigenvalue weighted by Gasteiger charge is -2.27. The number of nitrogens with zero attached hydrogens (tertiary/aromatic N) is 3. The third-order valence-electron chi connectivity index (χ3n) is 3.06. The summed E-state index contributed by atoms with van der Waals surface area (Å²) in [5, 5.41) is 0. The van der Waals surface area contributed by atoms with E-state index in [0.29, 0.717) is 30.8 Å². The zero-order valence-corrected chi connectivity index (χ0v) is 10.7. The average Bonchev–Trinajstić information content (AvgIpc) is 2.66. The molecule has 2 heterocycles. The van der Waals surface area contributed by atoms with E-state index < -0.39 is 10.0 Å². The van der Waals surface area contributed by atoms with E-state index in [4.69, 9.17) is 0 Å². The number of fused-ring (bicyclic) bond motifs is 1. The first kappa shape index (κ1) is 12.3. The van der Waals surface area contributed by atoms with Gasteiger partial charge in [0.25, 0.3) is 0 Å². The standard InChI is InChI=1S/C10H15N3O3S/c1-3-17(15,16)12-4-5-13-8(2)11-9(7-14)10(13)6-12/h7H,3-6H2,1-2H3. The molecular weight excluding hydrogens is 242 g/mol. The van der Waals surface area contributed by atoms with Crippen LogP contribution in [0.15, 0.2) is 0 Å². The molecule has 1 aliphatic rings. The van der Waals surface area contributed by atoms with Crippen LogP contribution in [-0.2, 0) is 23.1 Å². The van der Waals surface area contributed by atoms with E-state index in [9.17, 15) is 13.2 Å². The zero-order valence-electron chi connectivity index (χ0n) is 9.88. The number of imidazole rings is 1. The quantitative estimate of drug-likeness (QED) is 0.724. The Morgan fingerprint density at radius 2 is 2.12 bits per heavy atom. The summed E-state index contributed by atoms with van der Waals surface area (Å²) in [6, 6.07) is 0. The first-order chi connectivity index (χ1) is 7.99. The molecule has 0 aliphatic carbocycles. The highest BCUT2D eigenvalue weighted by Crippen LogP contribution is 2.20. The summed E-state index contributed by atoms with van der Waals surface area (Å²) in [5.74, 6) is 0.840. The number of hydrogen-bond acceptors (Lipinski definition) is 4. The van der Waals surface area contributed by atoms with E-state index in [2.05, 4.69) is 4.98 Å². The van der Waals surface area contributed by atoms with E-state index in [1.165, 1.54) is 4.31 Å². The van der Waals surface area contributed by atoms with E-state index in [0.717, 1.165) is 5.82 Å². The van der Waals surface area contributed by atoms with Crippen molar-refractivity contribution in [3.8, 4) is 0 Å². The van der Waals surface area contributed by atoms with Gasteiger partial charge >= 0.3 is 0 Å². The monoisotopic (exact) mass is 257 g/mol. The summed E-state index contributed by atoms with van der Waals surface area (Å²) in [6.07, 6.45) is 0.681. The van der Waals surface area contributed by atoms with Crippen molar-refractivity contribution in [3.63, 3.8) is 0 Å². The Labute approximate surface area is 100 Å². The summed E-state index contributed by atoms with van der Waals surface area (Å²) in [7, 11) is -3.20. The van der Waals surface area contributed by atoms with Crippen LogP contribution >= 0.6 is 0 Å². The summed E-state index contributed by atoms with van der Waals surface area (Å²) < 4.78 is 26.9. The van der Waals surface area contributed by atoms with Crippen LogP contribution in [-0.4, -0.2) is 40.9 Å². The Balaban J connectivity index is 2.39. The molecule has 0 aromatic carbocycles. The molecule has 7 heteroatoms. The third-order valence-corrected chi connectivity index (χ3v) is 4.89. The highest BCUT2D eigenvalue weighted by molar-refractivity contribution is 7.89. The molecule has 0 fully saturated rings. The van der Waals surface area contributed by atoms with Crippen LogP contribution in [0.5, 0.6) is 0 Å². The fourth-order valence-corrected chi connectivity index (χ4v) is 3.11. The van der Waals surface area contributed by atoms with Crippen molar-refractivity contribution in [1.82, 2.24) is 13.9 Å². The number of sulfonamides is 1. The van der Waals surface area contributed by atoms with E-state index in [-0.39, 0.29) is 12.3 Å². The summed E-state index contributed by atoms with van der Waals surface area (Å²) in [6.45, 7) is 4.68. The Hall–Kier alpha value is -1.21. The Kier molecular flexibility index (Phi) is 3.05. The van der Waals surface area contributed by atoms with Crippen LogP contribution in [0.1, 0.15) is 28.9 Å². The zero-order chi connectivity index (χ0) is 12.6. The molecule has 0 radical (unpaired) electrons. The van der Waals surface area contributed by atoms with Gasteiger partial charge in [-0.05, 0) is 13.8 Å². The third kappa shape index (κ3) is 2.00. The lowest BCUT2D eigenvalue weighted by atomic mass is 10.3. The van der Waals surface area contributed by atoms with Gasteiger partial charge in [0.15, 0.2) is 6.29 Å². The van der Waals surface area contributed by atoms with E-state index >= 15 is 0 Å². The second-order valence-corrected chi connectivity index (χ2v) is 6.25. The lowest BCUT2D eigenvalue weighted by molar-refractivity contribution is 0.111. The molecule has 0 bridgehead atoms. The van der Waals surface area contributed by atoms with Crippen molar-refractivity contribution in [3.05, 3.63) is 17.2 Å². The molecule has 0 saturated carbocycles. The molecular formula is C10H15N3O3S. The minimum Gasteiger partial charge on any atom is -0.329 e. The Bertz CT molecular complexity index is 547. The SMILES string of the molecule is CCS(=O)(=O)N1CCn2c(C)nc(C=O)c2C1. The first-order valence-corrected chi connectivity index (χ1v) is 7.09. The van der Waals surface area contributed by atoms with Crippen LogP contribution in [0.4, 0.5) is 0 Å². The normalized spacial score (nSPS) is 16.8. The molecule has 1 aromatic heterocycles. The van der Waals surface area contributed by atoms with Gasteiger partial charge in [0.05, 0.1) is 18.0 Å². The predicted octanol–water partition coefficient (Wildman–Crippen LogP) is 0.169. The summed E-state index contributed by atoms with van der Waals surface area (Å²) in [5.41, 5.74) is 1.04. The minimum absolute atomic E-state index is 0.0799. The van der Waals surface area contributed by atoms with Crippen molar-refractivity contribution >= 4 is 16.3 Å². The molecule has 17 heavy (non-hydrogen) atoms. The molecule has 6 nitrogen and oxygen atoms in total. The van der Waals surface area contributed by atoms with Crippen molar-refractivity contribution in [2.24, 2.45) is 0 Å². The maximum Gasteiger partial charge on any atom is 0.214 e. The molecule has 0 spiro atoms. The van der Waals surface area contributed by atoms with Gasteiger partial charge in [-0.2, -0.15) is 4.31 Å². The fourth-order valence-electron chi connectivity index (χ4n) is 2.07. The number of rotatable bonds is 3. The van der Waals surface area contributed by atoms with Gasteiger partial charge in [0.2, 0.25) is 10.0 Å². The highest BCUT2D eigenvalue weighted by atomic mass is 32.2. The fraction of sp³-hybridized carbons (Fsp3) is 0.600. The van der Waals surface area contributed by atoms with Crippen molar-refractivity contribution < 1.29 is 13.2 Å². The molecule has 0 saturated heterocycles. The average molecular weight is 257 g/mol.